The Morgan fingerprint density at radius 1 is 1.54 bits per heavy atom. The van der Waals surface area contributed by atoms with E-state index in [4.69, 9.17) is 5.84 Å². The van der Waals surface area contributed by atoms with E-state index >= 15 is 0 Å². The zero-order chi connectivity index (χ0) is 18.3. The van der Waals surface area contributed by atoms with Gasteiger partial charge >= 0.3 is 29.6 Å². The summed E-state index contributed by atoms with van der Waals surface area (Å²) in [4.78, 5) is 29.2. The van der Waals surface area contributed by atoms with E-state index in [2.05, 4.69) is 26.3 Å². The number of nitrogens with zero attached hydrogens (tertiary/aromatic N) is 2. The third-order valence-electron chi connectivity index (χ3n) is 4.44. The minimum Gasteiger partial charge on any atom is -0.543 e. The van der Waals surface area contributed by atoms with Crippen LogP contribution in [0.3, 0.4) is 0 Å². The van der Waals surface area contributed by atoms with Gasteiger partial charge in [0.15, 0.2) is 0 Å². The number of hydrogen-bond donors (Lipinski definition) is 3. The number of hydrazine groups is 1. The molecule has 1 aromatic carbocycles. The molecule has 0 aliphatic carbocycles. The molecule has 3 rings (SSSR count). The van der Waals surface area contributed by atoms with Gasteiger partial charge in [0.2, 0.25) is 5.91 Å². The molecule has 3 atom stereocenters. The zero-order valence-corrected chi connectivity index (χ0v) is 17.9. The number of nitrogens with one attached hydrogen (secondary N) is 1. The van der Waals surface area contributed by atoms with E-state index in [1.54, 1.807) is 18.2 Å². The van der Waals surface area contributed by atoms with Gasteiger partial charge in [-0.3, -0.25) is 4.79 Å². The molecule has 4 N–H and O–H groups in total. The SMILES string of the molecule is CC(O)C1C(=O)N2C(C(=O)[O-])=C(c3cc(Br)cc(N=CNN)c3)CC12.[Na+]. The molecule has 0 bridgehead atoms. The first-order chi connectivity index (χ1) is 11.8. The molecule has 132 valence electrons. The van der Waals surface area contributed by atoms with Crippen LogP contribution in [-0.2, 0) is 9.59 Å². The summed E-state index contributed by atoms with van der Waals surface area (Å²) in [5, 5.41) is 21.4. The number of carboxylic acid groups (broad SMARTS) is 1. The van der Waals surface area contributed by atoms with Crippen molar-refractivity contribution in [3.05, 3.63) is 33.9 Å². The number of carbonyl (C=O) groups is 2. The van der Waals surface area contributed by atoms with E-state index in [0.717, 1.165) is 0 Å². The fraction of sp³-hybridized carbons (Fsp3) is 0.312. The number of aliphatic carboxylic acids is 1. The van der Waals surface area contributed by atoms with Crippen LogP contribution < -0.4 is 45.9 Å². The number of halogens is 1. The number of fused-ring (bicyclic) bond motifs is 1. The largest absolute Gasteiger partial charge is 1.00 e. The molecule has 2 aliphatic heterocycles. The average molecular weight is 431 g/mol. The first kappa shape index (κ1) is 21.1. The number of carbonyl (C=O) groups excluding carboxylic acids is 2. The van der Waals surface area contributed by atoms with Gasteiger partial charge in [-0.15, -0.1) is 0 Å². The number of nitrogens with two attached hydrogens (primary N) is 1. The Bertz CT molecular complexity index is 811. The van der Waals surface area contributed by atoms with Crippen LogP contribution in [0.1, 0.15) is 18.9 Å². The molecule has 0 spiro atoms. The van der Waals surface area contributed by atoms with Crippen molar-refractivity contribution in [3.8, 4) is 0 Å². The van der Waals surface area contributed by atoms with Gasteiger partial charge in [-0.2, -0.15) is 0 Å². The van der Waals surface area contributed by atoms with Crippen LogP contribution in [0.2, 0.25) is 0 Å². The van der Waals surface area contributed by atoms with E-state index in [-0.39, 0.29) is 41.3 Å². The number of rotatable bonds is 5. The zero-order valence-electron chi connectivity index (χ0n) is 14.3. The van der Waals surface area contributed by atoms with E-state index in [0.29, 0.717) is 27.7 Å². The van der Waals surface area contributed by atoms with Gasteiger partial charge in [-0.05, 0) is 42.7 Å². The fourth-order valence-corrected chi connectivity index (χ4v) is 3.93. The van der Waals surface area contributed by atoms with E-state index < -0.39 is 23.9 Å². The molecule has 3 unspecified atom stereocenters. The van der Waals surface area contributed by atoms with Crippen LogP contribution in [0, 0.1) is 5.92 Å². The number of aliphatic imine (C=N–C) groups is 1. The van der Waals surface area contributed by atoms with Crippen molar-refractivity contribution in [2.24, 2.45) is 16.8 Å². The minimum atomic E-state index is -1.41. The van der Waals surface area contributed by atoms with Gasteiger partial charge in [0, 0.05) is 4.47 Å². The van der Waals surface area contributed by atoms with E-state index in [1.165, 1.54) is 18.2 Å². The van der Waals surface area contributed by atoms with Crippen molar-refractivity contribution >= 4 is 45.4 Å². The Kier molecular flexibility index (Phi) is 6.65. The van der Waals surface area contributed by atoms with Crippen LogP contribution in [0.25, 0.3) is 5.57 Å². The Hall–Kier alpha value is -1.23. The monoisotopic (exact) mass is 430 g/mol. The number of amides is 1. The third-order valence-corrected chi connectivity index (χ3v) is 4.90. The summed E-state index contributed by atoms with van der Waals surface area (Å²) in [6, 6.07) is 4.82. The average Bonchev–Trinajstić information content (AvgIpc) is 2.87. The second kappa shape index (κ2) is 8.20. The second-order valence-corrected chi connectivity index (χ2v) is 6.90. The van der Waals surface area contributed by atoms with Crippen LogP contribution in [0.15, 0.2) is 33.4 Å². The Balaban J connectivity index is 0.00000243. The molecule has 1 aromatic rings. The first-order valence-corrected chi connectivity index (χ1v) is 8.39. The minimum absolute atomic E-state index is 0. The van der Waals surface area contributed by atoms with Crippen molar-refractivity contribution < 1.29 is 49.4 Å². The van der Waals surface area contributed by atoms with Crippen molar-refractivity contribution in [2.45, 2.75) is 25.5 Å². The van der Waals surface area contributed by atoms with Crippen molar-refractivity contribution in [2.75, 3.05) is 0 Å². The number of carboxylic acids is 1. The number of aliphatic hydroxyl groups is 1. The number of hydrogen-bond acceptors (Lipinski definition) is 6. The predicted molar refractivity (Wildman–Crippen MR) is 92.0 cm³/mol. The van der Waals surface area contributed by atoms with Crippen molar-refractivity contribution in [1.29, 1.82) is 0 Å². The summed E-state index contributed by atoms with van der Waals surface area (Å²) in [6.07, 6.45) is 0.794. The maximum atomic E-state index is 12.2. The molecule has 1 saturated heterocycles. The van der Waals surface area contributed by atoms with Gasteiger partial charge in [0.1, 0.15) is 6.34 Å². The molecule has 8 nitrogen and oxygen atoms in total. The summed E-state index contributed by atoms with van der Waals surface area (Å²) in [5.74, 6) is 2.76. The Labute approximate surface area is 180 Å². The summed E-state index contributed by atoms with van der Waals surface area (Å²) >= 11 is 3.37. The molecule has 26 heavy (non-hydrogen) atoms. The topological polar surface area (TPSA) is 131 Å². The van der Waals surface area contributed by atoms with Crippen molar-refractivity contribution in [1.82, 2.24) is 10.3 Å². The maximum absolute atomic E-state index is 12.2. The molecule has 0 saturated carbocycles. The van der Waals surface area contributed by atoms with Gasteiger partial charge in [-0.25, -0.2) is 10.8 Å². The number of benzene rings is 1. The first-order valence-electron chi connectivity index (χ1n) is 7.60. The number of aliphatic hydroxyl groups excluding tert-OH is 1. The van der Waals surface area contributed by atoms with Crippen LogP contribution in [0.4, 0.5) is 5.69 Å². The van der Waals surface area contributed by atoms with Gasteiger partial charge in [0.25, 0.3) is 0 Å². The standard InChI is InChI=1S/C16H17BrN4O4.Na/c1-7(22)13-12-5-11(14(16(24)25)21(12)15(13)23)8-2-9(17)4-10(3-8)19-6-20-18;/h2-4,6-7,12-13,22H,5,18H2,1H3,(H,19,20)(H,24,25);/q;+1/p-1. The van der Waals surface area contributed by atoms with E-state index in [1.807, 2.05) is 0 Å². The smallest absolute Gasteiger partial charge is 0.543 e. The predicted octanol–water partition coefficient (Wildman–Crippen LogP) is -3.35. The molecule has 0 radical (unpaired) electrons. The molecule has 10 heteroatoms. The van der Waals surface area contributed by atoms with E-state index in [9.17, 15) is 19.8 Å². The Morgan fingerprint density at radius 2 is 2.23 bits per heavy atom. The fourth-order valence-electron chi connectivity index (χ4n) is 3.45. The quantitative estimate of drug-likeness (QED) is 0.112. The third kappa shape index (κ3) is 3.60. The molecule has 0 aromatic heterocycles. The Morgan fingerprint density at radius 3 is 2.81 bits per heavy atom. The van der Waals surface area contributed by atoms with Crippen LogP contribution in [0.5, 0.6) is 0 Å². The van der Waals surface area contributed by atoms with Gasteiger partial charge < -0.3 is 25.3 Å². The molecule has 1 fully saturated rings. The summed E-state index contributed by atoms with van der Waals surface area (Å²) in [7, 11) is 0. The van der Waals surface area contributed by atoms with Crippen LogP contribution in [-0.4, -0.2) is 40.4 Å². The normalized spacial score (nSPS) is 22.8. The molecule has 2 heterocycles. The van der Waals surface area contributed by atoms with Crippen molar-refractivity contribution in [3.63, 3.8) is 0 Å². The van der Waals surface area contributed by atoms with Gasteiger partial charge in [-0.1, -0.05) is 15.9 Å². The molecular formula is C16H16BrN4NaO4. The second-order valence-electron chi connectivity index (χ2n) is 5.98. The molecular weight excluding hydrogens is 415 g/mol. The summed E-state index contributed by atoms with van der Waals surface area (Å²) in [6.45, 7) is 1.53. The molecule has 2 aliphatic rings. The number of β-lactam (4-membered cyclic amide) rings is 1. The van der Waals surface area contributed by atoms with Crippen LogP contribution >= 0.6 is 15.9 Å². The maximum Gasteiger partial charge on any atom is 1.00 e. The van der Waals surface area contributed by atoms with Gasteiger partial charge in [0.05, 0.1) is 35.4 Å². The molecule has 1 amide bonds. The summed E-state index contributed by atoms with van der Waals surface area (Å²) < 4.78 is 0.701. The summed E-state index contributed by atoms with van der Waals surface area (Å²) in [5.41, 5.74) is 3.81.